The number of para-hydroxylation sites is 8. The second-order valence-electron chi connectivity index (χ2n) is 33.4. The number of hydrogen-bond acceptors (Lipinski definition) is 3. The summed E-state index contributed by atoms with van der Waals surface area (Å²) in [5, 5.41) is 12.5. The largest absolute Gasteiger partial charge is 0.368 e. The molecule has 0 N–H and O–H groups in total. The van der Waals surface area contributed by atoms with Crippen molar-refractivity contribution >= 4 is 177 Å². The molecule has 8 nitrogen and oxygen atoms in total. The van der Waals surface area contributed by atoms with Gasteiger partial charge >= 0.3 is 0 Å². The predicted octanol–water partition coefficient (Wildman–Crippen LogP) is 29.3. The second-order valence-corrected chi connectivity index (χ2v) is 43.6. The van der Waals surface area contributed by atoms with Crippen LogP contribution in [-0.2, 0) is 0 Å². The van der Waals surface area contributed by atoms with Gasteiger partial charge in [0.2, 0.25) is 0 Å². The zero-order valence-corrected chi connectivity index (χ0v) is 67.1. The molecule has 10 heteroatoms. The van der Waals surface area contributed by atoms with Crippen molar-refractivity contribution in [2.75, 3.05) is 14.7 Å². The molecule has 0 saturated heterocycles. The van der Waals surface area contributed by atoms with Gasteiger partial charge in [-0.25, -0.2) is 0 Å². The number of hydrogen-bond donors (Lipinski definition) is 0. The van der Waals surface area contributed by atoms with E-state index in [0.717, 1.165) is 90.3 Å². The van der Waals surface area contributed by atoms with E-state index < -0.39 is 16.5 Å². The minimum absolute atomic E-state index is 0.0933. The van der Waals surface area contributed by atoms with Crippen LogP contribution >= 0.6 is 0 Å². The molecule has 0 amide bonds. The molecule has 0 aliphatic carbocycles. The lowest BCUT2D eigenvalue weighted by molar-refractivity contribution is 0.705. The van der Waals surface area contributed by atoms with Gasteiger partial charge < -0.3 is 36.9 Å². The minimum atomic E-state index is -2.14. The van der Waals surface area contributed by atoms with Crippen LogP contribution in [0.2, 0.25) is 36.3 Å². The Kier molecular flexibility index (Phi) is 15.8. The first-order valence-corrected chi connectivity index (χ1v) is 45.2. The maximum Gasteiger partial charge on any atom is 0.161 e. The summed E-state index contributed by atoms with van der Waals surface area (Å²) in [5.41, 5.74) is 24.9. The highest BCUT2D eigenvalue weighted by molar-refractivity contribution is 6.81. The third-order valence-corrected chi connectivity index (χ3v) is 35.7. The first-order valence-electron chi connectivity index (χ1n) is 39.3. The van der Waals surface area contributed by atoms with Crippen LogP contribution in [0.1, 0.15) is 41.5 Å². The van der Waals surface area contributed by atoms with E-state index in [4.69, 9.17) is 0 Å². The first-order chi connectivity index (χ1) is 54.4. The number of nitrogens with zero attached hydrogens (tertiary/aromatic N) is 8. The Morgan fingerprint density at radius 3 is 0.679 bits per heavy atom. The lowest BCUT2D eigenvalue weighted by Crippen LogP contribution is -2.45. The van der Waals surface area contributed by atoms with E-state index in [1.807, 2.05) is 0 Å². The van der Waals surface area contributed by atoms with Crippen LogP contribution in [0.15, 0.2) is 352 Å². The van der Waals surface area contributed by atoms with E-state index in [0.29, 0.717) is 0 Å². The van der Waals surface area contributed by atoms with Crippen molar-refractivity contribution in [2.24, 2.45) is 0 Å². The van der Waals surface area contributed by atoms with Gasteiger partial charge in [-0.2, -0.15) is 0 Å². The number of rotatable bonds is 14. The van der Waals surface area contributed by atoms with Gasteiger partial charge in [-0.15, -0.1) is 0 Å². The number of aromatic nitrogens is 5. The van der Waals surface area contributed by atoms with Crippen molar-refractivity contribution < 1.29 is 0 Å². The topological polar surface area (TPSA) is 34.4 Å². The molecule has 0 unspecified atom stereocenters. The average molecular weight is 1480 g/mol. The standard InChI is InChI=1S/C102H88N8Si2/c1-101(2,3)111(7,8)109-94-44-28-23-39-84(94)89-64-76(57-62-96(89)109)104(79-55-60-87-82-37-21-26-42-92(82)107(99(87)67-79)70-32-16-12-17-33-70)74-50-46-72(47-51-74)103(78-54-59-86-81-36-20-25-41-91(81)106(98(86)66-78)69-30-14-11-15-31-69)73-48-52-75(53-49-73)105(77-58-63-97-90(65-77)85-40-24-29-45-95(85)110(97)112(9,10)102(4,5)6)80-56-61-88-83-38-22-27-43-93(83)108(100(88)68-80)71-34-18-13-19-35-71/h11-68H,1-10H3. The molecule has 0 atom stereocenters. The van der Waals surface area contributed by atoms with Gasteiger partial charge in [0.1, 0.15) is 0 Å². The Balaban J connectivity index is 0.790. The van der Waals surface area contributed by atoms with Crippen molar-refractivity contribution in [2.45, 2.75) is 77.8 Å². The van der Waals surface area contributed by atoms with Crippen LogP contribution in [-0.4, -0.2) is 38.6 Å². The van der Waals surface area contributed by atoms with E-state index in [1.54, 1.807) is 0 Å². The molecule has 15 aromatic carbocycles. The average Bonchev–Trinajstić information content (AvgIpc) is 1.56. The van der Waals surface area contributed by atoms with Crippen LogP contribution in [0.3, 0.4) is 0 Å². The summed E-state index contributed by atoms with van der Waals surface area (Å²) in [6, 6.07) is 131. The van der Waals surface area contributed by atoms with E-state index in [-0.39, 0.29) is 10.1 Å². The fourth-order valence-corrected chi connectivity index (χ4v) is 22.3. The van der Waals surface area contributed by atoms with Crippen molar-refractivity contribution in [3.8, 4) is 17.1 Å². The SMILES string of the molecule is CC(C)(C)[Si](C)(C)n1c2ccccc2c2cc(N(c3ccc(N(c4ccc(N(c5ccc6c(c5)c5ccccc5n6[Si](C)(C)C(C)(C)C)c5ccc6c7ccccc7n(-c7ccccc7)c6c5)cc4)c4ccc5c6ccccc6n(-c6ccccc6)c5c4)cc3)c3ccc4c5ccccc5n(-c5ccccc5)c4c3)ccc21. The molecule has 0 aliphatic heterocycles. The van der Waals surface area contributed by atoms with Crippen molar-refractivity contribution in [3.05, 3.63) is 352 Å². The molecule has 544 valence electrons. The molecule has 112 heavy (non-hydrogen) atoms. The first kappa shape index (κ1) is 68.4. The third-order valence-electron chi connectivity index (χ3n) is 25.1. The second kappa shape index (κ2) is 25.9. The van der Waals surface area contributed by atoms with Crippen LogP contribution in [0.25, 0.3) is 126 Å². The van der Waals surface area contributed by atoms with Crippen LogP contribution in [0.4, 0.5) is 51.2 Å². The number of anilines is 9. The Labute approximate surface area is 655 Å². The zero-order valence-electron chi connectivity index (χ0n) is 65.1. The van der Waals surface area contributed by atoms with Crippen molar-refractivity contribution in [1.29, 1.82) is 0 Å². The van der Waals surface area contributed by atoms with Gasteiger partial charge in [0.05, 0.1) is 33.1 Å². The van der Waals surface area contributed by atoms with E-state index in [1.165, 1.54) is 87.0 Å². The molecule has 5 aromatic heterocycles. The van der Waals surface area contributed by atoms with Gasteiger partial charge in [-0.05, 0) is 198 Å². The van der Waals surface area contributed by atoms with Crippen molar-refractivity contribution in [3.63, 3.8) is 0 Å². The number of benzene rings is 15. The molecule has 0 saturated carbocycles. The highest BCUT2D eigenvalue weighted by atomic mass is 28.3. The van der Waals surface area contributed by atoms with Gasteiger partial charge in [-0.3, -0.25) is 0 Å². The monoisotopic (exact) mass is 1480 g/mol. The fourth-order valence-electron chi connectivity index (χ4n) is 17.8. The van der Waals surface area contributed by atoms with Gasteiger partial charge in [-0.1, -0.05) is 232 Å². The van der Waals surface area contributed by atoms with Gasteiger partial charge in [0, 0.05) is 144 Å². The normalized spacial score (nSPS) is 12.6. The summed E-state index contributed by atoms with van der Waals surface area (Å²) in [5.74, 6) is 0. The molecule has 5 heterocycles. The van der Waals surface area contributed by atoms with Crippen LogP contribution in [0.5, 0.6) is 0 Å². The van der Waals surface area contributed by atoms with E-state index in [2.05, 4.69) is 456 Å². The summed E-state index contributed by atoms with van der Waals surface area (Å²) in [6.07, 6.45) is 0. The summed E-state index contributed by atoms with van der Waals surface area (Å²) in [4.78, 5) is 7.41. The molecule has 0 aliphatic rings. The predicted molar refractivity (Wildman–Crippen MR) is 485 cm³/mol. The van der Waals surface area contributed by atoms with Crippen LogP contribution in [0, 0.1) is 0 Å². The maximum atomic E-state index is 2.72. The third kappa shape index (κ3) is 10.7. The Bertz CT molecular complexity index is 6740. The molecule has 20 aromatic rings. The Morgan fingerprint density at radius 1 is 0.188 bits per heavy atom. The Hall–Kier alpha value is -12.9. The van der Waals surface area contributed by atoms with Crippen LogP contribution < -0.4 is 14.7 Å². The lowest BCUT2D eigenvalue weighted by Gasteiger charge is -2.39. The summed E-state index contributed by atoms with van der Waals surface area (Å²) in [6.45, 7) is 24.6. The Morgan fingerprint density at radius 2 is 0.393 bits per heavy atom. The molecular weight excluding hydrogens is 1390 g/mol. The van der Waals surface area contributed by atoms with Gasteiger partial charge in [0.25, 0.3) is 0 Å². The molecule has 0 bridgehead atoms. The highest BCUT2D eigenvalue weighted by Gasteiger charge is 2.41. The fraction of sp³-hybridized carbons (Fsp3) is 0.118. The minimum Gasteiger partial charge on any atom is -0.368 e. The highest BCUT2D eigenvalue weighted by Crippen LogP contribution is 2.51. The van der Waals surface area contributed by atoms with E-state index >= 15 is 0 Å². The molecule has 0 fully saturated rings. The van der Waals surface area contributed by atoms with Crippen molar-refractivity contribution in [1.82, 2.24) is 22.2 Å². The lowest BCUT2D eigenvalue weighted by atomic mass is 10.1. The van der Waals surface area contributed by atoms with Gasteiger partial charge in [0.15, 0.2) is 16.5 Å². The maximum absolute atomic E-state index is 2.72. The summed E-state index contributed by atoms with van der Waals surface area (Å²) in [7, 11) is -4.28. The smallest absolute Gasteiger partial charge is 0.161 e. The summed E-state index contributed by atoms with van der Waals surface area (Å²) >= 11 is 0. The van der Waals surface area contributed by atoms with E-state index in [9.17, 15) is 0 Å². The quantitative estimate of drug-likeness (QED) is 0.102. The molecule has 20 rings (SSSR count). The molecular formula is C102H88N8Si2. The molecule has 0 radical (unpaired) electrons. The zero-order chi connectivity index (χ0) is 76.1. The number of fused-ring (bicyclic) bond motifs is 15. The molecule has 0 spiro atoms. The summed E-state index contributed by atoms with van der Waals surface area (Å²) < 4.78 is 12.7.